The standard InChI is InChI=1S/C16H21N5/c1-11-4-6-12(7-5-11)15-18-16(20-19-15)21-8-2-3-13-9-17-10-14(13)21/h4-7,13-14,17H,2-3,8-10H2,1H3,(H,18,19,20). The van der Waals surface area contributed by atoms with Crippen LogP contribution in [0.15, 0.2) is 24.3 Å². The average Bonchev–Trinajstić information content (AvgIpc) is 3.16. The first-order chi connectivity index (χ1) is 10.3. The van der Waals surface area contributed by atoms with Crippen molar-refractivity contribution >= 4 is 5.95 Å². The highest BCUT2D eigenvalue weighted by atomic mass is 15.4. The van der Waals surface area contributed by atoms with Crippen LogP contribution in [-0.2, 0) is 0 Å². The first kappa shape index (κ1) is 12.8. The van der Waals surface area contributed by atoms with Crippen LogP contribution in [0, 0.1) is 12.8 Å². The molecule has 0 saturated carbocycles. The second kappa shape index (κ2) is 5.15. The molecule has 2 aliphatic heterocycles. The lowest BCUT2D eigenvalue weighted by Crippen LogP contribution is -2.45. The summed E-state index contributed by atoms with van der Waals surface area (Å²) in [5.41, 5.74) is 2.35. The predicted molar refractivity (Wildman–Crippen MR) is 83.3 cm³/mol. The molecule has 1 aromatic heterocycles. The van der Waals surface area contributed by atoms with Crippen molar-refractivity contribution in [2.45, 2.75) is 25.8 Å². The van der Waals surface area contributed by atoms with Crippen LogP contribution in [0.3, 0.4) is 0 Å². The Hall–Kier alpha value is -1.88. The molecule has 2 atom stereocenters. The number of aryl methyl sites for hydroxylation is 1. The van der Waals surface area contributed by atoms with E-state index in [4.69, 9.17) is 4.98 Å². The fourth-order valence-corrected chi connectivity index (χ4v) is 3.54. The summed E-state index contributed by atoms with van der Waals surface area (Å²) in [6.07, 6.45) is 2.56. The van der Waals surface area contributed by atoms with E-state index in [2.05, 4.69) is 51.6 Å². The summed E-state index contributed by atoms with van der Waals surface area (Å²) in [7, 11) is 0. The quantitative estimate of drug-likeness (QED) is 0.885. The number of aromatic nitrogens is 3. The van der Waals surface area contributed by atoms with E-state index in [1.54, 1.807) is 0 Å². The topological polar surface area (TPSA) is 56.8 Å². The van der Waals surface area contributed by atoms with Gasteiger partial charge >= 0.3 is 0 Å². The van der Waals surface area contributed by atoms with Crippen molar-refractivity contribution in [1.29, 1.82) is 0 Å². The van der Waals surface area contributed by atoms with Gasteiger partial charge in [-0.05, 0) is 25.7 Å². The molecule has 2 aliphatic rings. The van der Waals surface area contributed by atoms with Gasteiger partial charge in [0.15, 0.2) is 5.82 Å². The predicted octanol–water partition coefficient (Wildman–Crippen LogP) is 1.97. The number of hydrogen-bond acceptors (Lipinski definition) is 4. The molecule has 5 heteroatoms. The number of hydrogen-bond donors (Lipinski definition) is 2. The van der Waals surface area contributed by atoms with Crippen molar-refractivity contribution in [3.8, 4) is 11.4 Å². The Kier molecular flexibility index (Phi) is 3.15. The van der Waals surface area contributed by atoms with Crippen molar-refractivity contribution < 1.29 is 0 Å². The van der Waals surface area contributed by atoms with Crippen LogP contribution in [0.5, 0.6) is 0 Å². The molecule has 2 aromatic rings. The number of nitrogens with zero attached hydrogens (tertiary/aromatic N) is 3. The Morgan fingerprint density at radius 3 is 2.90 bits per heavy atom. The molecule has 21 heavy (non-hydrogen) atoms. The highest BCUT2D eigenvalue weighted by molar-refractivity contribution is 5.57. The second-order valence-corrected chi connectivity index (χ2v) is 6.17. The Morgan fingerprint density at radius 1 is 1.19 bits per heavy atom. The molecular weight excluding hydrogens is 262 g/mol. The van der Waals surface area contributed by atoms with Crippen LogP contribution in [0.1, 0.15) is 18.4 Å². The largest absolute Gasteiger partial charge is 0.335 e. The lowest BCUT2D eigenvalue weighted by atomic mass is 9.92. The Morgan fingerprint density at radius 2 is 2.05 bits per heavy atom. The van der Waals surface area contributed by atoms with Crippen LogP contribution >= 0.6 is 0 Å². The van der Waals surface area contributed by atoms with Gasteiger partial charge in [0.05, 0.1) is 0 Å². The van der Waals surface area contributed by atoms with Crippen LogP contribution in [0.2, 0.25) is 0 Å². The summed E-state index contributed by atoms with van der Waals surface area (Å²) in [6.45, 7) is 5.35. The molecule has 5 nitrogen and oxygen atoms in total. The zero-order valence-electron chi connectivity index (χ0n) is 12.3. The lowest BCUT2D eigenvalue weighted by molar-refractivity contribution is 0.381. The van der Waals surface area contributed by atoms with E-state index in [1.807, 2.05) is 0 Å². The van der Waals surface area contributed by atoms with Gasteiger partial charge in [0.25, 0.3) is 0 Å². The van der Waals surface area contributed by atoms with Crippen molar-refractivity contribution in [3.63, 3.8) is 0 Å². The van der Waals surface area contributed by atoms with E-state index in [-0.39, 0.29) is 0 Å². The third-order valence-electron chi connectivity index (χ3n) is 4.73. The monoisotopic (exact) mass is 283 g/mol. The number of rotatable bonds is 2. The molecule has 0 bridgehead atoms. The molecule has 0 aliphatic carbocycles. The van der Waals surface area contributed by atoms with E-state index in [1.165, 1.54) is 18.4 Å². The number of aromatic amines is 1. The van der Waals surface area contributed by atoms with E-state index < -0.39 is 0 Å². The van der Waals surface area contributed by atoms with Gasteiger partial charge in [-0.1, -0.05) is 29.8 Å². The maximum atomic E-state index is 4.73. The Balaban J connectivity index is 1.60. The average molecular weight is 283 g/mol. The van der Waals surface area contributed by atoms with Crippen LogP contribution in [0.4, 0.5) is 5.95 Å². The fraction of sp³-hybridized carbons (Fsp3) is 0.500. The van der Waals surface area contributed by atoms with Crippen molar-refractivity contribution in [2.75, 3.05) is 24.5 Å². The van der Waals surface area contributed by atoms with E-state index in [9.17, 15) is 0 Å². The van der Waals surface area contributed by atoms with Gasteiger partial charge in [0, 0.05) is 31.2 Å². The van der Waals surface area contributed by atoms with Crippen LogP contribution in [0.25, 0.3) is 11.4 Å². The molecule has 1 aromatic carbocycles. The first-order valence-corrected chi connectivity index (χ1v) is 7.78. The van der Waals surface area contributed by atoms with Crippen molar-refractivity contribution in [3.05, 3.63) is 29.8 Å². The SMILES string of the molecule is Cc1ccc(-c2nc(N3CCCC4CNCC43)n[nH]2)cc1. The maximum Gasteiger partial charge on any atom is 0.245 e. The summed E-state index contributed by atoms with van der Waals surface area (Å²) in [6, 6.07) is 8.95. The molecule has 3 heterocycles. The number of benzene rings is 1. The third kappa shape index (κ3) is 2.31. The molecule has 2 fully saturated rings. The number of anilines is 1. The van der Waals surface area contributed by atoms with Gasteiger partial charge in [-0.15, -0.1) is 5.10 Å². The summed E-state index contributed by atoms with van der Waals surface area (Å²) in [5.74, 6) is 2.46. The molecular formula is C16H21N5. The molecule has 2 N–H and O–H groups in total. The van der Waals surface area contributed by atoms with Crippen LogP contribution in [-0.4, -0.2) is 40.9 Å². The molecule has 0 spiro atoms. The molecule has 2 saturated heterocycles. The first-order valence-electron chi connectivity index (χ1n) is 7.78. The molecule has 4 rings (SSSR count). The fourth-order valence-electron chi connectivity index (χ4n) is 3.54. The minimum absolute atomic E-state index is 0.556. The Bertz CT molecular complexity index is 618. The van der Waals surface area contributed by atoms with Gasteiger partial charge in [-0.25, -0.2) is 0 Å². The van der Waals surface area contributed by atoms with Gasteiger partial charge in [0.2, 0.25) is 5.95 Å². The van der Waals surface area contributed by atoms with Crippen molar-refractivity contribution in [2.24, 2.45) is 5.92 Å². The molecule has 0 amide bonds. The van der Waals surface area contributed by atoms with Crippen LogP contribution < -0.4 is 10.2 Å². The van der Waals surface area contributed by atoms with E-state index >= 15 is 0 Å². The highest BCUT2D eigenvalue weighted by Crippen LogP contribution is 2.29. The van der Waals surface area contributed by atoms with Gasteiger partial charge < -0.3 is 10.2 Å². The van der Waals surface area contributed by atoms with Gasteiger partial charge in [-0.2, -0.15) is 4.98 Å². The second-order valence-electron chi connectivity index (χ2n) is 6.17. The molecule has 0 radical (unpaired) electrons. The summed E-state index contributed by atoms with van der Waals surface area (Å²) < 4.78 is 0. The summed E-state index contributed by atoms with van der Waals surface area (Å²) in [4.78, 5) is 7.10. The number of fused-ring (bicyclic) bond motifs is 1. The number of nitrogens with one attached hydrogen (secondary N) is 2. The normalized spacial score (nSPS) is 25.1. The molecule has 2 unspecified atom stereocenters. The molecule has 110 valence electrons. The van der Waals surface area contributed by atoms with Crippen molar-refractivity contribution in [1.82, 2.24) is 20.5 Å². The smallest absolute Gasteiger partial charge is 0.245 e. The minimum atomic E-state index is 0.556. The van der Waals surface area contributed by atoms with E-state index in [0.29, 0.717) is 6.04 Å². The minimum Gasteiger partial charge on any atom is -0.335 e. The van der Waals surface area contributed by atoms with Gasteiger partial charge in [0.1, 0.15) is 0 Å². The maximum absolute atomic E-state index is 4.73. The lowest BCUT2D eigenvalue weighted by Gasteiger charge is -2.36. The third-order valence-corrected chi connectivity index (χ3v) is 4.73. The Labute approximate surface area is 124 Å². The zero-order valence-corrected chi connectivity index (χ0v) is 12.3. The van der Waals surface area contributed by atoms with E-state index in [0.717, 1.165) is 42.9 Å². The zero-order chi connectivity index (χ0) is 14.2. The van der Waals surface area contributed by atoms with Gasteiger partial charge in [-0.3, -0.25) is 5.10 Å². The number of piperidine rings is 1. The summed E-state index contributed by atoms with van der Waals surface area (Å²) in [5, 5.41) is 11.1. The highest BCUT2D eigenvalue weighted by Gasteiger charge is 2.36. The summed E-state index contributed by atoms with van der Waals surface area (Å²) >= 11 is 0. The number of H-pyrrole nitrogens is 1.